The van der Waals surface area contributed by atoms with E-state index < -0.39 is 0 Å². The number of aromatic nitrogens is 4. The van der Waals surface area contributed by atoms with Crippen molar-refractivity contribution in [2.45, 2.75) is 105 Å². The average molecular weight is 1220 g/mol. The van der Waals surface area contributed by atoms with Gasteiger partial charge in [-0.15, -0.1) is 29.3 Å². The zero-order valence-electron chi connectivity index (χ0n) is 47.3. The molecule has 0 saturated heterocycles. The molecule has 3 aromatic heterocycles. The van der Waals surface area contributed by atoms with E-state index in [2.05, 4.69) is 274 Å². The molecule has 0 saturated carbocycles. The van der Waals surface area contributed by atoms with Crippen LogP contribution in [0, 0.1) is 6.07 Å². The molecule has 3 heterocycles. The first-order chi connectivity index (χ1) is 37.1. The van der Waals surface area contributed by atoms with Gasteiger partial charge in [-0.1, -0.05) is 209 Å². The second kappa shape index (κ2) is 19.5. The van der Waals surface area contributed by atoms with E-state index in [0.717, 1.165) is 117 Å². The Balaban J connectivity index is 0.00000660. The predicted octanol–water partition coefficient (Wildman–Crippen LogP) is 19.3. The minimum Gasteiger partial charge on any atom is -0.507 e. The first-order valence-corrected chi connectivity index (χ1v) is 27.3. The molecule has 0 aliphatic carbocycles. The monoisotopic (exact) mass is 1210 g/mol. The third-order valence-electron chi connectivity index (χ3n) is 15.6. The minimum atomic E-state index is -0.349. The molecular weight excluding hydrogens is 1150 g/mol. The molecule has 0 amide bonds. The molecule has 0 unspecified atom stereocenters. The van der Waals surface area contributed by atoms with Gasteiger partial charge in [0.25, 0.3) is 0 Å². The number of aromatic hydroxyl groups is 1. The van der Waals surface area contributed by atoms with Gasteiger partial charge in [0.1, 0.15) is 22.7 Å². The molecule has 6 nitrogen and oxygen atoms in total. The van der Waals surface area contributed by atoms with Crippen molar-refractivity contribution in [1.29, 1.82) is 0 Å². The van der Waals surface area contributed by atoms with Gasteiger partial charge >= 0.3 is 0 Å². The van der Waals surface area contributed by atoms with Gasteiger partial charge in [0.2, 0.25) is 0 Å². The molecule has 398 valence electrons. The van der Waals surface area contributed by atoms with E-state index in [0.29, 0.717) is 11.4 Å². The molecule has 7 heteroatoms. The van der Waals surface area contributed by atoms with E-state index in [1.807, 2.05) is 6.07 Å². The van der Waals surface area contributed by atoms with Crippen LogP contribution >= 0.6 is 0 Å². The summed E-state index contributed by atoms with van der Waals surface area (Å²) in [6, 6.07) is 68.5. The topological polar surface area (TPSA) is 69.0 Å². The van der Waals surface area contributed by atoms with E-state index in [1.165, 1.54) is 5.56 Å². The maximum absolute atomic E-state index is 12.6. The van der Waals surface area contributed by atoms with Gasteiger partial charge in [-0.05, 0) is 104 Å². The third kappa shape index (κ3) is 9.52. The van der Waals surface area contributed by atoms with Crippen molar-refractivity contribution in [3.63, 3.8) is 0 Å². The average Bonchev–Trinajstić information content (AvgIpc) is 4.12. The van der Waals surface area contributed by atoms with Gasteiger partial charge in [0.05, 0.1) is 33.6 Å². The van der Waals surface area contributed by atoms with Crippen LogP contribution in [0.2, 0.25) is 0 Å². The number of para-hydroxylation sites is 3. The van der Waals surface area contributed by atoms with Crippen molar-refractivity contribution in [3.8, 4) is 73.3 Å². The summed E-state index contributed by atoms with van der Waals surface area (Å²) < 4.78 is 11.5. The Bertz CT molecular complexity index is 4280. The fourth-order valence-corrected chi connectivity index (χ4v) is 11.1. The molecule has 0 radical (unpaired) electrons. The molecule has 0 fully saturated rings. The van der Waals surface area contributed by atoms with Crippen LogP contribution in [-0.4, -0.2) is 24.2 Å². The number of imidazole rings is 2. The van der Waals surface area contributed by atoms with Crippen molar-refractivity contribution >= 4 is 44.0 Å². The van der Waals surface area contributed by atoms with E-state index in [9.17, 15) is 5.11 Å². The molecule has 12 aromatic rings. The van der Waals surface area contributed by atoms with Gasteiger partial charge in [-0.2, -0.15) is 0 Å². The van der Waals surface area contributed by atoms with E-state index in [-0.39, 0.29) is 48.5 Å². The Morgan fingerprint density at radius 1 is 0.456 bits per heavy atom. The Labute approximate surface area is 479 Å². The number of fused-ring (bicyclic) bond motifs is 6. The SMILES string of the molecule is CC(C)(C)c1ccc(-c2ccc3c(c2)oc2c3ccc3nc(-c4[c-]c(-c5cccc6c5nc(-c5cc(C(C)(C)C)cc(C(C)(C)C)c5O)n6-c5ccccc5-c5ccccc5)cc(C(C)(C)C)c4)n(-c4ccccc4)c32)cc1.[Pt]. The molecule has 12 rings (SSSR count). The smallest absolute Gasteiger partial charge is 0.161 e. The van der Waals surface area contributed by atoms with Gasteiger partial charge in [-0.3, -0.25) is 9.55 Å². The number of furan rings is 1. The van der Waals surface area contributed by atoms with Crippen LogP contribution < -0.4 is 0 Å². The van der Waals surface area contributed by atoms with Crippen molar-refractivity contribution in [2.75, 3.05) is 0 Å². The van der Waals surface area contributed by atoms with Crippen LogP contribution in [0.15, 0.2) is 186 Å². The number of nitrogens with zero attached hydrogens (tertiary/aromatic N) is 4. The fraction of sp³-hybridized carbons (Fsp3) is 0.222. The maximum Gasteiger partial charge on any atom is 0.161 e. The number of benzene rings is 9. The first kappa shape index (κ1) is 53.2. The van der Waals surface area contributed by atoms with Crippen LogP contribution in [0.1, 0.15) is 105 Å². The van der Waals surface area contributed by atoms with Crippen molar-refractivity contribution in [2.24, 2.45) is 0 Å². The second-order valence-corrected chi connectivity index (χ2v) is 25.3. The van der Waals surface area contributed by atoms with Crippen LogP contribution in [0.5, 0.6) is 5.75 Å². The van der Waals surface area contributed by atoms with Gasteiger partial charge in [-0.25, -0.2) is 4.98 Å². The zero-order chi connectivity index (χ0) is 54.6. The van der Waals surface area contributed by atoms with Crippen LogP contribution in [0.4, 0.5) is 0 Å². The molecule has 0 bridgehead atoms. The number of phenolic OH excluding ortho intramolecular Hbond substituents is 1. The van der Waals surface area contributed by atoms with Gasteiger partial charge in [0, 0.05) is 48.7 Å². The first-order valence-electron chi connectivity index (χ1n) is 27.3. The molecule has 0 aliphatic rings. The summed E-state index contributed by atoms with van der Waals surface area (Å²) in [6.07, 6.45) is 0. The van der Waals surface area contributed by atoms with Crippen LogP contribution in [0.25, 0.3) is 112 Å². The zero-order valence-corrected chi connectivity index (χ0v) is 49.6. The summed E-state index contributed by atoms with van der Waals surface area (Å²) in [5, 5.41) is 14.7. The molecule has 1 N–H and O–H groups in total. The van der Waals surface area contributed by atoms with Crippen LogP contribution in [0.3, 0.4) is 0 Å². The maximum atomic E-state index is 12.6. The van der Waals surface area contributed by atoms with Crippen LogP contribution in [-0.2, 0) is 42.7 Å². The summed E-state index contributed by atoms with van der Waals surface area (Å²) in [5.74, 6) is 1.65. The number of rotatable bonds is 7. The van der Waals surface area contributed by atoms with Crippen molar-refractivity contribution < 1.29 is 30.6 Å². The summed E-state index contributed by atoms with van der Waals surface area (Å²) in [4.78, 5) is 11.2. The third-order valence-corrected chi connectivity index (χ3v) is 15.6. The van der Waals surface area contributed by atoms with Gasteiger partial charge < -0.3 is 14.1 Å². The van der Waals surface area contributed by atoms with Crippen molar-refractivity contribution in [3.05, 3.63) is 210 Å². The summed E-state index contributed by atoms with van der Waals surface area (Å²) >= 11 is 0. The van der Waals surface area contributed by atoms with E-state index in [1.54, 1.807) is 0 Å². The molecule has 79 heavy (non-hydrogen) atoms. The van der Waals surface area contributed by atoms with Crippen molar-refractivity contribution in [1.82, 2.24) is 19.1 Å². The number of hydrogen-bond donors (Lipinski definition) is 1. The summed E-state index contributed by atoms with van der Waals surface area (Å²) in [5.41, 5.74) is 18.4. The molecule has 0 spiro atoms. The molecular formula is C72H67N4O2Pt-. The van der Waals surface area contributed by atoms with E-state index in [4.69, 9.17) is 14.4 Å². The quantitative estimate of drug-likeness (QED) is 0.161. The largest absolute Gasteiger partial charge is 0.507 e. The summed E-state index contributed by atoms with van der Waals surface area (Å²) in [7, 11) is 0. The summed E-state index contributed by atoms with van der Waals surface area (Å²) in [6.45, 7) is 26.7. The predicted molar refractivity (Wildman–Crippen MR) is 325 cm³/mol. The second-order valence-electron chi connectivity index (χ2n) is 25.3. The minimum absolute atomic E-state index is 0. The Kier molecular flexibility index (Phi) is 13.2. The molecule has 0 aliphatic heterocycles. The molecule has 9 aromatic carbocycles. The normalized spacial score (nSPS) is 12.5. The van der Waals surface area contributed by atoms with E-state index >= 15 is 0 Å². The number of phenols is 1. The number of hydrogen-bond acceptors (Lipinski definition) is 4. The Morgan fingerprint density at radius 3 is 1.75 bits per heavy atom. The standard InChI is InChI=1S/C72H67N4O2.Pt/c1-69(2,3)49-33-30-44(31-34-49)46-32-35-55-56-36-37-59-64(66(56)78-62(55)41-46)75(52-24-17-14-18-25-52)67(73-59)48-38-47(39-50(40-48)70(4,5)6)54-27-21-29-61-63(54)74-68(57-42-51(71(7,8)9)43-58(65(57)77)72(10,11)12)76(61)60-28-20-19-26-53(60)45-22-15-13-16-23-45;/h13-37,39-43,77H,1-12H3;/q-1;. The Morgan fingerprint density at radius 2 is 1.06 bits per heavy atom. The van der Waals surface area contributed by atoms with Gasteiger partial charge in [0.15, 0.2) is 5.58 Å². The fourth-order valence-electron chi connectivity index (χ4n) is 11.1. The molecule has 0 atom stereocenters. The Hall–Kier alpha value is -7.79.